The normalized spacial score (nSPS) is 11.5. The van der Waals surface area contributed by atoms with Crippen molar-refractivity contribution in [2.24, 2.45) is 0 Å². The van der Waals surface area contributed by atoms with E-state index in [0.717, 1.165) is 99.9 Å². The van der Waals surface area contributed by atoms with Crippen LogP contribution in [0.3, 0.4) is 0 Å². The molecule has 10 aromatic carbocycles. The zero-order valence-electron chi connectivity index (χ0n) is 34.3. The molecule has 0 aliphatic rings. The Labute approximate surface area is 365 Å². The summed E-state index contributed by atoms with van der Waals surface area (Å²) < 4.78 is 13.8. The fraction of sp³-hybridized carbons (Fsp3) is 0. The number of benzene rings is 10. The van der Waals surface area contributed by atoms with Crippen LogP contribution < -0.4 is 4.90 Å². The smallest absolute Gasteiger partial charge is 0.145 e. The van der Waals surface area contributed by atoms with Crippen molar-refractivity contribution in [3.05, 3.63) is 237 Å². The van der Waals surface area contributed by atoms with Gasteiger partial charge in [-0.15, -0.1) is 0 Å². The second-order valence-corrected chi connectivity index (χ2v) is 16.0. The minimum atomic E-state index is 0.827. The molecule has 0 amide bonds. The second kappa shape index (κ2) is 15.3. The van der Waals surface area contributed by atoms with Crippen LogP contribution in [0.25, 0.3) is 99.5 Å². The SMILES string of the molecule is c1ccc(-c2ccc3c(c2)oc2cccc(N(c4ccc(-c5ccccc5-c5ccccc5)cc4)c4ccc(-c5ccccc5)c5oc6cc(-c7ccccc7)ccc6c45)c23)cc1. The molecule has 0 radical (unpaired) electrons. The van der Waals surface area contributed by atoms with Gasteiger partial charge in [0.05, 0.1) is 22.1 Å². The van der Waals surface area contributed by atoms with Crippen molar-refractivity contribution in [2.75, 3.05) is 4.90 Å². The van der Waals surface area contributed by atoms with E-state index in [0.29, 0.717) is 0 Å². The number of furan rings is 2. The van der Waals surface area contributed by atoms with Crippen molar-refractivity contribution in [3.8, 4) is 55.6 Å². The quantitative estimate of drug-likeness (QED) is 0.153. The predicted octanol–water partition coefficient (Wildman–Crippen LogP) is 17.3. The molecule has 0 fully saturated rings. The van der Waals surface area contributed by atoms with Gasteiger partial charge in [0, 0.05) is 22.0 Å². The van der Waals surface area contributed by atoms with Gasteiger partial charge in [0.25, 0.3) is 0 Å². The first-order valence-corrected chi connectivity index (χ1v) is 21.4. The molecule has 0 saturated heterocycles. The van der Waals surface area contributed by atoms with Crippen LogP contribution in [0.2, 0.25) is 0 Å². The van der Waals surface area contributed by atoms with Gasteiger partial charge >= 0.3 is 0 Å². The zero-order chi connectivity index (χ0) is 41.7. The summed E-state index contributed by atoms with van der Waals surface area (Å²) in [6.45, 7) is 0. The lowest BCUT2D eigenvalue weighted by molar-refractivity contribution is 0.669. The molecule has 63 heavy (non-hydrogen) atoms. The molecule has 3 heteroatoms. The van der Waals surface area contributed by atoms with Crippen molar-refractivity contribution < 1.29 is 8.83 Å². The summed E-state index contributed by atoms with van der Waals surface area (Å²) in [5.41, 5.74) is 17.8. The van der Waals surface area contributed by atoms with Crippen LogP contribution in [-0.2, 0) is 0 Å². The summed E-state index contributed by atoms with van der Waals surface area (Å²) in [7, 11) is 0. The number of nitrogens with zero attached hydrogens (tertiary/aromatic N) is 1. The Morgan fingerprint density at radius 2 is 0.730 bits per heavy atom. The first-order chi connectivity index (χ1) is 31.2. The molecular formula is C60H39NO2. The fourth-order valence-electron chi connectivity index (χ4n) is 9.31. The van der Waals surface area contributed by atoms with Gasteiger partial charge in [0.15, 0.2) is 0 Å². The van der Waals surface area contributed by atoms with Gasteiger partial charge in [-0.05, 0) is 111 Å². The topological polar surface area (TPSA) is 29.5 Å². The maximum Gasteiger partial charge on any atom is 0.145 e. The highest BCUT2D eigenvalue weighted by molar-refractivity contribution is 6.20. The van der Waals surface area contributed by atoms with E-state index in [1.165, 1.54) is 16.7 Å². The van der Waals surface area contributed by atoms with Crippen LogP contribution in [0.4, 0.5) is 17.1 Å². The molecule has 0 spiro atoms. The Bertz CT molecular complexity index is 3590. The molecule has 0 unspecified atom stereocenters. The van der Waals surface area contributed by atoms with Crippen molar-refractivity contribution in [3.63, 3.8) is 0 Å². The van der Waals surface area contributed by atoms with E-state index < -0.39 is 0 Å². The van der Waals surface area contributed by atoms with Crippen LogP contribution >= 0.6 is 0 Å². The third-order valence-electron chi connectivity index (χ3n) is 12.3. The lowest BCUT2D eigenvalue weighted by Gasteiger charge is -2.27. The minimum Gasteiger partial charge on any atom is -0.456 e. The third kappa shape index (κ3) is 6.38. The molecule has 3 nitrogen and oxygen atoms in total. The van der Waals surface area contributed by atoms with Gasteiger partial charge in [-0.1, -0.05) is 176 Å². The van der Waals surface area contributed by atoms with E-state index in [1.807, 2.05) is 6.07 Å². The number of hydrogen-bond donors (Lipinski definition) is 0. The molecule has 12 aromatic rings. The highest BCUT2D eigenvalue weighted by atomic mass is 16.3. The van der Waals surface area contributed by atoms with Crippen LogP contribution in [0.15, 0.2) is 245 Å². The standard InChI is InChI=1S/C60H39NO2/c1-5-16-40(17-6-1)45-30-34-51-56(38-45)62-55-27-15-26-53(58(51)55)61(47-32-28-44(29-33-47)49-25-14-13-24-48(49)42-20-9-3-10-21-42)54-37-36-50(43-22-11-4-12-23-43)60-59(54)52-35-31-46(39-57(52)63-60)41-18-7-2-8-19-41/h1-39H. The summed E-state index contributed by atoms with van der Waals surface area (Å²) in [5, 5.41) is 4.19. The van der Waals surface area contributed by atoms with E-state index in [9.17, 15) is 0 Å². The second-order valence-electron chi connectivity index (χ2n) is 16.0. The fourth-order valence-corrected chi connectivity index (χ4v) is 9.31. The zero-order valence-corrected chi connectivity index (χ0v) is 34.3. The lowest BCUT2D eigenvalue weighted by atomic mass is 9.94. The Morgan fingerprint density at radius 3 is 1.32 bits per heavy atom. The summed E-state index contributed by atoms with van der Waals surface area (Å²) in [6.07, 6.45) is 0. The molecule has 0 bridgehead atoms. The van der Waals surface area contributed by atoms with Crippen molar-refractivity contribution in [1.29, 1.82) is 0 Å². The average Bonchev–Trinajstić information content (AvgIpc) is 3.94. The van der Waals surface area contributed by atoms with E-state index >= 15 is 0 Å². The Balaban J connectivity index is 1.11. The van der Waals surface area contributed by atoms with Gasteiger partial charge in [0.1, 0.15) is 22.3 Å². The average molecular weight is 806 g/mol. The van der Waals surface area contributed by atoms with E-state index in [2.05, 4.69) is 235 Å². The van der Waals surface area contributed by atoms with E-state index in [4.69, 9.17) is 8.83 Å². The number of anilines is 3. The summed E-state index contributed by atoms with van der Waals surface area (Å²) in [5.74, 6) is 0. The van der Waals surface area contributed by atoms with Crippen molar-refractivity contribution in [1.82, 2.24) is 0 Å². The van der Waals surface area contributed by atoms with E-state index in [1.54, 1.807) is 0 Å². The van der Waals surface area contributed by atoms with Crippen LogP contribution in [0, 0.1) is 0 Å². The first kappa shape index (κ1) is 36.5. The summed E-state index contributed by atoms with van der Waals surface area (Å²) in [4.78, 5) is 2.40. The molecule has 0 aliphatic carbocycles. The Morgan fingerprint density at radius 1 is 0.270 bits per heavy atom. The molecule has 2 heterocycles. The summed E-state index contributed by atoms with van der Waals surface area (Å²) in [6, 6.07) is 83.9. The van der Waals surface area contributed by atoms with Gasteiger partial charge < -0.3 is 13.7 Å². The van der Waals surface area contributed by atoms with Crippen LogP contribution in [0.5, 0.6) is 0 Å². The van der Waals surface area contributed by atoms with Gasteiger partial charge in [0.2, 0.25) is 0 Å². The lowest BCUT2D eigenvalue weighted by Crippen LogP contribution is -2.11. The molecule has 12 rings (SSSR count). The molecule has 0 atom stereocenters. The highest BCUT2D eigenvalue weighted by Crippen LogP contribution is 2.50. The summed E-state index contributed by atoms with van der Waals surface area (Å²) >= 11 is 0. The largest absolute Gasteiger partial charge is 0.456 e. The maximum atomic E-state index is 7.05. The first-order valence-electron chi connectivity index (χ1n) is 21.4. The highest BCUT2D eigenvalue weighted by Gasteiger charge is 2.25. The predicted molar refractivity (Wildman–Crippen MR) is 263 cm³/mol. The van der Waals surface area contributed by atoms with Crippen molar-refractivity contribution >= 4 is 60.9 Å². The molecule has 2 aromatic heterocycles. The van der Waals surface area contributed by atoms with Gasteiger partial charge in [-0.2, -0.15) is 0 Å². The van der Waals surface area contributed by atoms with Gasteiger partial charge in [-0.3, -0.25) is 0 Å². The monoisotopic (exact) mass is 805 g/mol. The Kier molecular flexibility index (Phi) is 8.83. The number of fused-ring (bicyclic) bond motifs is 6. The maximum absolute atomic E-state index is 7.05. The minimum absolute atomic E-state index is 0.827. The third-order valence-corrected chi connectivity index (χ3v) is 12.3. The molecule has 0 saturated carbocycles. The van der Waals surface area contributed by atoms with Crippen LogP contribution in [-0.4, -0.2) is 0 Å². The molecular weight excluding hydrogens is 767 g/mol. The number of rotatable bonds is 8. The number of hydrogen-bond acceptors (Lipinski definition) is 3. The Hall–Kier alpha value is -8.40. The molecule has 0 aliphatic heterocycles. The van der Waals surface area contributed by atoms with Gasteiger partial charge in [-0.25, -0.2) is 0 Å². The van der Waals surface area contributed by atoms with Crippen molar-refractivity contribution in [2.45, 2.75) is 0 Å². The molecule has 0 N–H and O–H groups in total. The van der Waals surface area contributed by atoms with Crippen LogP contribution in [0.1, 0.15) is 0 Å². The van der Waals surface area contributed by atoms with E-state index in [-0.39, 0.29) is 0 Å². The molecule has 296 valence electrons.